The third kappa shape index (κ3) is 3.16. The van der Waals surface area contributed by atoms with Gasteiger partial charge in [-0.3, -0.25) is 9.98 Å². The van der Waals surface area contributed by atoms with E-state index in [-0.39, 0.29) is 5.82 Å². The second-order valence-electron chi connectivity index (χ2n) is 4.85. The van der Waals surface area contributed by atoms with Gasteiger partial charge < -0.3 is 5.32 Å². The van der Waals surface area contributed by atoms with Gasteiger partial charge in [-0.1, -0.05) is 0 Å². The van der Waals surface area contributed by atoms with Crippen LogP contribution in [0.5, 0.6) is 0 Å². The monoisotopic (exact) mass is 281 g/mol. The predicted octanol–water partition coefficient (Wildman–Crippen LogP) is 3.50. The fourth-order valence-corrected chi connectivity index (χ4v) is 2.29. The highest BCUT2D eigenvalue weighted by Crippen LogP contribution is 2.26. The Bertz CT molecular complexity index is 660. The Labute approximate surface area is 123 Å². The molecule has 0 amide bonds. The highest BCUT2D eigenvalue weighted by molar-refractivity contribution is 5.92. The third-order valence-electron chi connectivity index (χ3n) is 3.36. The minimum atomic E-state index is -0.243. The molecule has 0 saturated carbocycles. The molecule has 0 radical (unpaired) electrons. The summed E-state index contributed by atoms with van der Waals surface area (Å²) in [6.45, 7) is 0.883. The number of aliphatic imine (C=N–C) groups is 1. The number of hydrogen-bond acceptors (Lipinski definition) is 3. The first-order valence-electron chi connectivity index (χ1n) is 7.01. The van der Waals surface area contributed by atoms with E-state index in [1.165, 1.54) is 12.1 Å². The summed E-state index contributed by atoms with van der Waals surface area (Å²) in [5.41, 5.74) is 3.72. The lowest BCUT2D eigenvalue weighted by atomic mass is 10.0. The summed E-state index contributed by atoms with van der Waals surface area (Å²) in [6.07, 6.45) is 7.42. The van der Waals surface area contributed by atoms with E-state index in [0.717, 1.165) is 41.9 Å². The van der Waals surface area contributed by atoms with E-state index in [1.54, 1.807) is 24.5 Å². The number of halogens is 1. The van der Waals surface area contributed by atoms with Gasteiger partial charge in [0.15, 0.2) is 0 Å². The Hall–Kier alpha value is -2.49. The van der Waals surface area contributed by atoms with Crippen molar-refractivity contribution in [1.29, 1.82) is 0 Å². The molecule has 1 aromatic heterocycles. The normalized spacial score (nSPS) is 18.7. The molecule has 1 aliphatic rings. The maximum atomic E-state index is 13.1. The van der Waals surface area contributed by atoms with Gasteiger partial charge in [0.05, 0.1) is 11.4 Å². The average molecular weight is 281 g/mol. The Kier molecular flexibility index (Phi) is 4.05. The van der Waals surface area contributed by atoms with Crippen molar-refractivity contribution >= 4 is 17.6 Å². The van der Waals surface area contributed by atoms with Crippen molar-refractivity contribution < 1.29 is 4.39 Å². The smallest absolute Gasteiger partial charge is 0.123 e. The van der Waals surface area contributed by atoms with E-state index in [9.17, 15) is 4.39 Å². The van der Waals surface area contributed by atoms with E-state index in [1.807, 2.05) is 18.3 Å². The van der Waals surface area contributed by atoms with Crippen LogP contribution in [0.2, 0.25) is 0 Å². The summed E-state index contributed by atoms with van der Waals surface area (Å²) in [5, 5.41) is 3.45. The Morgan fingerprint density at radius 3 is 2.48 bits per heavy atom. The minimum Gasteiger partial charge on any atom is -0.383 e. The lowest BCUT2D eigenvalue weighted by Gasteiger charge is -2.17. The molecular weight excluding hydrogens is 265 g/mol. The molecule has 0 aliphatic carbocycles. The molecule has 0 spiro atoms. The number of hydrogen-bond donors (Lipinski definition) is 1. The maximum absolute atomic E-state index is 13.1. The number of benzene rings is 1. The van der Waals surface area contributed by atoms with Gasteiger partial charge in [-0.05, 0) is 49.2 Å². The number of aromatic nitrogens is 1. The molecule has 1 aliphatic heterocycles. The third-order valence-corrected chi connectivity index (χ3v) is 3.36. The van der Waals surface area contributed by atoms with Gasteiger partial charge in [-0.2, -0.15) is 0 Å². The average Bonchev–Trinajstić information content (AvgIpc) is 2.49. The molecule has 0 saturated heterocycles. The molecular formula is C17H16FN3. The summed E-state index contributed by atoms with van der Waals surface area (Å²) in [7, 11) is 0. The first-order valence-corrected chi connectivity index (χ1v) is 7.01. The molecule has 106 valence electrons. The highest BCUT2D eigenvalue weighted by atomic mass is 19.1. The van der Waals surface area contributed by atoms with E-state index in [2.05, 4.69) is 15.3 Å². The van der Waals surface area contributed by atoms with Crippen molar-refractivity contribution in [3.05, 3.63) is 65.7 Å². The highest BCUT2D eigenvalue weighted by Gasteiger charge is 2.12. The summed E-state index contributed by atoms with van der Waals surface area (Å²) >= 11 is 0. The fourth-order valence-electron chi connectivity index (χ4n) is 2.29. The quantitative estimate of drug-likeness (QED) is 0.914. The van der Waals surface area contributed by atoms with Crippen LogP contribution in [0, 0.1) is 5.82 Å². The van der Waals surface area contributed by atoms with Gasteiger partial charge in [0, 0.05) is 36.3 Å². The Balaban J connectivity index is 2.13. The summed E-state index contributed by atoms with van der Waals surface area (Å²) in [5.74, 6) is -0.243. The topological polar surface area (TPSA) is 37.3 Å². The van der Waals surface area contributed by atoms with Gasteiger partial charge in [-0.15, -0.1) is 0 Å². The van der Waals surface area contributed by atoms with Crippen LogP contribution in [-0.2, 0) is 0 Å². The van der Waals surface area contributed by atoms with Gasteiger partial charge in [0.25, 0.3) is 0 Å². The van der Waals surface area contributed by atoms with Gasteiger partial charge >= 0.3 is 0 Å². The molecule has 2 heterocycles. The molecule has 0 fully saturated rings. The van der Waals surface area contributed by atoms with Crippen molar-refractivity contribution in [3.63, 3.8) is 0 Å². The number of rotatable bonds is 2. The molecule has 0 unspecified atom stereocenters. The minimum absolute atomic E-state index is 0.243. The molecule has 1 aromatic carbocycles. The summed E-state index contributed by atoms with van der Waals surface area (Å²) in [4.78, 5) is 8.64. The molecule has 3 nitrogen and oxygen atoms in total. The van der Waals surface area contributed by atoms with Gasteiger partial charge in [0.1, 0.15) is 5.82 Å². The molecule has 2 aromatic rings. The predicted molar refractivity (Wildman–Crippen MR) is 83.2 cm³/mol. The standard InChI is InChI=1S/C17H16FN3/c18-15-5-3-13(4-6-15)16-17(14-7-11-19-12-8-14)21-10-2-1-9-20-16/h3-9,11-12,21H,1-2,10H2/b17-16-,20-9?. The molecule has 4 heteroatoms. The second-order valence-corrected chi connectivity index (χ2v) is 4.85. The lowest BCUT2D eigenvalue weighted by Crippen LogP contribution is -2.17. The summed E-state index contributed by atoms with van der Waals surface area (Å²) in [6, 6.07) is 10.3. The van der Waals surface area contributed by atoms with Crippen LogP contribution in [0.15, 0.2) is 53.8 Å². The van der Waals surface area contributed by atoms with Crippen LogP contribution < -0.4 is 5.32 Å². The van der Waals surface area contributed by atoms with Crippen molar-refractivity contribution in [2.75, 3.05) is 6.54 Å². The fraction of sp³-hybridized carbons (Fsp3) is 0.176. The molecule has 21 heavy (non-hydrogen) atoms. The van der Waals surface area contributed by atoms with Crippen LogP contribution in [0.25, 0.3) is 11.4 Å². The number of nitrogens with one attached hydrogen (secondary N) is 1. The van der Waals surface area contributed by atoms with Crippen molar-refractivity contribution in [1.82, 2.24) is 10.3 Å². The van der Waals surface area contributed by atoms with Crippen molar-refractivity contribution in [2.45, 2.75) is 12.8 Å². The van der Waals surface area contributed by atoms with E-state index < -0.39 is 0 Å². The summed E-state index contributed by atoms with van der Waals surface area (Å²) < 4.78 is 13.1. The first kappa shape index (κ1) is 13.5. The van der Waals surface area contributed by atoms with E-state index in [4.69, 9.17) is 0 Å². The van der Waals surface area contributed by atoms with Crippen LogP contribution in [0.4, 0.5) is 4.39 Å². The van der Waals surface area contributed by atoms with Crippen LogP contribution >= 0.6 is 0 Å². The zero-order valence-electron chi connectivity index (χ0n) is 11.6. The Morgan fingerprint density at radius 1 is 0.952 bits per heavy atom. The zero-order valence-corrected chi connectivity index (χ0v) is 11.6. The lowest BCUT2D eigenvalue weighted by molar-refractivity contribution is 0.627. The van der Waals surface area contributed by atoms with E-state index >= 15 is 0 Å². The largest absolute Gasteiger partial charge is 0.383 e. The molecule has 3 rings (SSSR count). The van der Waals surface area contributed by atoms with Crippen LogP contribution in [0.1, 0.15) is 24.0 Å². The van der Waals surface area contributed by atoms with Crippen LogP contribution in [-0.4, -0.2) is 17.7 Å². The molecule has 0 atom stereocenters. The number of pyridine rings is 1. The van der Waals surface area contributed by atoms with Crippen molar-refractivity contribution in [3.8, 4) is 0 Å². The molecule has 0 bridgehead atoms. The zero-order chi connectivity index (χ0) is 14.5. The first-order chi connectivity index (χ1) is 10.3. The molecule has 1 N–H and O–H groups in total. The van der Waals surface area contributed by atoms with E-state index in [0.29, 0.717) is 0 Å². The van der Waals surface area contributed by atoms with Crippen LogP contribution in [0.3, 0.4) is 0 Å². The number of nitrogens with zero attached hydrogens (tertiary/aromatic N) is 2. The SMILES string of the molecule is Fc1ccc(/C2=C(\c3ccncc3)NCCCC=N2)cc1. The maximum Gasteiger partial charge on any atom is 0.123 e. The van der Waals surface area contributed by atoms with Crippen molar-refractivity contribution in [2.24, 2.45) is 4.99 Å². The Morgan fingerprint density at radius 2 is 1.71 bits per heavy atom. The second kappa shape index (κ2) is 6.31. The van der Waals surface area contributed by atoms with Gasteiger partial charge in [-0.25, -0.2) is 4.39 Å². The van der Waals surface area contributed by atoms with Gasteiger partial charge in [0.2, 0.25) is 0 Å².